The first kappa shape index (κ1) is 29.2. The second kappa shape index (κ2) is 12.5. The molecule has 3 heterocycles. The number of ether oxygens (including phenoxy) is 1. The second-order valence-electron chi connectivity index (χ2n) is 9.93. The van der Waals surface area contributed by atoms with E-state index in [-0.39, 0.29) is 23.1 Å². The van der Waals surface area contributed by atoms with E-state index in [1.165, 1.54) is 37.6 Å². The number of rotatable bonds is 5. The summed E-state index contributed by atoms with van der Waals surface area (Å²) < 4.78 is 36.2. The number of aromatic nitrogens is 1. The molecule has 1 aromatic heterocycles. The van der Waals surface area contributed by atoms with E-state index in [2.05, 4.69) is 18.8 Å². The van der Waals surface area contributed by atoms with Crippen LogP contribution in [0.15, 0.2) is 53.7 Å². The first-order chi connectivity index (χ1) is 18.2. The summed E-state index contributed by atoms with van der Waals surface area (Å²) in [6, 6.07) is 9.40. The van der Waals surface area contributed by atoms with Gasteiger partial charge in [-0.05, 0) is 68.4 Å². The number of halogens is 2. The molecule has 0 saturated carbocycles. The third-order valence-corrected chi connectivity index (χ3v) is 7.21. The van der Waals surface area contributed by atoms with E-state index < -0.39 is 17.5 Å². The zero-order valence-electron chi connectivity index (χ0n) is 23.2. The summed E-state index contributed by atoms with van der Waals surface area (Å²) in [5, 5.41) is 0.150. The van der Waals surface area contributed by atoms with E-state index in [9.17, 15) is 13.6 Å². The minimum Gasteiger partial charge on any atom is -0.372 e. The maximum Gasteiger partial charge on any atom is 0.250 e. The summed E-state index contributed by atoms with van der Waals surface area (Å²) in [7, 11) is 1.65. The molecule has 0 unspecified atom stereocenters. The lowest BCUT2D eigenvalue weighted by Crippen LogP contribution is -2.20. The van der Waals surface area contributed by atoms with Crippen molar-refractivity contribution in [1.29, 1.82) is 0 Å². The number of fused-ring (bicyclic) bond motifs is 3. The summed E-state index contributed by atoms with van der Waals surface area (Å²) in [4.78, 5) is 15.6. The van der Waals surface area contributed by atoms with Gasteiger partial charge in [0.2, 0.25) is 0 Å². The molecule has 2 aliphatic heterocycles. The molecule has 3 atom stereocenters. The van der Waals surface area contributed by atoms with Gasteiger partial charge < -0.3 is 15.0 Å². The average molecular weight is 524 g/mol. The summed E-state index contributed by atoms with van der Waals surface area (Å²) >= 11 is 0. The SMILES string of the molecule is C/C=C(\C=NC)c1ccc(Cn2cc(C(N)=O)c3c(F)cccc32)c(F)c1.CC.C[C@@H]1C[C@]2(C)CC[C@H]1O2. The van der Waals surface area contributed by atoms with Crippen molar-refractivity contribution < 1.29 is 18.3 Å². The Morgan fingerprint density at radius 1 is 1.24 bits per heavy atom. The smallest absolute Gasteiger partial charge is 0.250 e. The summed E-state index contributed by atoms with van der Waals surface area (Å²) in [6.45, 7) is 10.5. The van der Waals surface area contributed by atoms with Gasteiger partial charge in [-0.25, -0.2) is 8.78 Å². The Morgan fingerprint density at radius 2 is 1.97 bits per heavy atom. The number of nitrogens with zero attached hydrogens (tertiary/aromatic N) is 2. The van der Waals surface area contributed by atoms with Crippen LogP contribution in [0.5, 0.6) is 0 Å². The van der Waals surface area contributed by atoms with Gasteiger partial charge in [0.05, 0.1) is 29.3 Å². The third-order valence-electron chi connectivity index (χ3n) is 7.21. The molecule has 2 aliphatic rings. The van der Waals surface area contributed by atoms with E-state index >= 15 is 0 Å². The second-order valence-corrected chi connectivity index (χ2v) is 9.93. The predicted molar refractivity (Wildman–Crippen MR) is 152 cm³/mol. The zero-order valence-corrected chi connectivity index (χ0v) is 23.2. The molecule has 2 N–H and O–H groups in total. The number of primary amides is 1. The lowest BCUT2D eigenvalue weighted by Gasteiger charge is -2.19. The van der Waals surface area contributed by atoms with Gasteiger partial charge in [0.1, 0.15) is 11.6 Å². The number of allylic oxidation sites excluding steroid dienone is 2. The van der Waals surface area contributed by atoms with Crippen molar-refractivity contribution in [2.45, 2.75) is 72.1 Å². The van der Waals surface area contributed by atoms with Crippen LogP contribution in [0.2, 0.25) is 0 Å². The number of carbonyl (C=O) groups is 1. The van der Waals surface area contributed by atoms with Gasteiger partial charge in [-0.1, -0.05) is 45.0 Å². The van der Waals surface area contributed by atoms with Gasteiger partial charge >= 0.3 is 0 Å². The van der Waals surface area contributed by atoms with Crippen LogP contribution >= 0.6 is 0 Å². The largest absolute Gasteiger partial charge is 0.372 e. The molecule has 2 bridgehead atoms. The van der Waals surface area contributed by atoms with Gasteiger partial charge in [-0.3, -0.25) is 9.79 Å². The van der Waals surface area contributed by atoms with E-state index in [1.54, 1.807) is 42.1 Å². The van der Waals surface area contributed by atoms with Crippen LogP contribution in [0.25, 0.3) is 16.5 Å². The van der Waals surface area contributed by atoms with Crippen molar-refractivity contribution in [3.05, 3.63) is 77.0 Å². The van der Waals surface area contributed by atoms with Crippen LogP contribution in [-0.4, -0.2) is 35.4 Å². The molecule has 38 heavy (non-hydrogen) atoms. The van der Waals surface area contributed by atoms with Gasteiger partial charge in [0.25, 0.3) is 5.91 Å². The molecule has 5 rings (SSSR count). The predicted octanol–water partition coefficient (Wildman–Crippen LogP) is 7.16. The highest BCUT2D eigenvalue weighted by Gasteiger charge is 2.46. The Morgan fingerprint density at radius 3 is 2.47 bits per heavy atom. The number of benzene rings is 2. The molecule has 2 aromatic carbocycles. The van der Waals surface area contributed by atoms with Crippen LogP contribution in [0.1, 0.15) is 75.4 Å². The highest BCUT2D eigenvalue weighted by atomic mass is 19.1. The van der Waals surface area contributed by atoms with Crippen molar-refractivity contribution in [3.63, 3.8) is 0 Å². The normalized spacial score (nSPS) is 22.3. The molecule has 5 nitrogen and oxygen atoms in total. The Bertz CT molecular complexity index is 1340. The first-order valence-electron chi connectivity index (χ1n) is 13.3. The Kier molecular flexibility index (Phi) is 9.60. The highest BCUT2D eigenvalue weighted by Crippen LogP contribution is 2.46. The minimum absolute atomic E-state index is 0.0792. The summed E-state index contributed by atoms with van der Waals surface area (Å²) in [6.07, 6.45) is 9.47. The monoisotopic (exact) mass is 523 g/mol. The zero-order chi connectivity index (χ0) is 28.0. The van der Waals surface area contributed by atoms with E-state index in [1.807, 2.05) is 26.8 Å². The maximum absolute atomic E-state index is 14.7. The molecular weight excluding hydrogens is 484 g/mol. The molecule has 0 aliphatic carbocycles. The molecule has 2 fully saturated rings. The number of amides is 1. The summed E-state index contributed by atoms with van der Waals surface area (Å²) in [5.74, 6) is -0.831. The molecular formula is C31H39F2N3O2. The molecule has 204 valence electrons. The van der Waals surface area contributed by atoms with E-state index in [0.717, 1.165) is 11.5 Å². The van der Waals surface area contributed by atoms with Crippen LogP contribution in [-0.2, 0) is 11.3 Å². The molecule has 7 heteroatoms. The van der Waals surface area contributed by atoms with Gasteiger partial charge in [-0.15, -0.1) is 0 Å². The Labute approximate surface area is 224 Å². The first-order valence-corrected chi connectivity index (χ1v) is 13.3. The summed E-state index contributed by atoms with van der Waals surface area (Å²) in [5.41, 5.74) is 8.16. The molecule has 0 radical (unpaired) electrons. The van der Waals surface area contributed by atoms with E-state index in [4.69, 9.17) is 10.5 Å². The molecule has 3 aromatic rings. The number of aliphatic imine (C=N–C) groups is 1. The Balaban J connectivity index is 0.000000301. The molecule has 1 amide bonds. The molecule has 0 spiro atoms. The van der Waals surface area contributed by atoms with Crippen molar-refractivity contribution >= 4 is 28.6 Å². The average Bonchev–Trinajstić information content (AvgIpc) is 3.55. The highest BCUT2D eigenvalue weighted by molar-refractivity contribution is 6.09. The lowest BCUT2D eigenvalue weighted by molar-refractivity contribution is 0.0251. The molecule has 2 saturated heterocycles. The van der Waals surface area contributed by atoms with Gasteiger partial charge in [-0.2, -0.15) is 0 Å². The standard InChI is InChI=1S/C21H19F2N3O.C8H14O.C2H6/c1-3-13(10-25-2)14-7-8-15(18(23)9-14)11-26-12-16(21(24)27)20-17(22)5-4-6-19(20)26;1-6-5-8(2)4-3-7(6)9-8;1-2/h3-10,12H,11H2,1-2H3,(H2,24,27);6-7H,3-5H2,1-2H3;1-2H3/b13-3+,25-10?;;/t;6-,7-,8+;/m.1./s1. The van der Waals surface area contributed by atoms with Crippen molar-refractivity contribution in [1.82, 2.24) is 4.57 Å². The Hall–Kier alpha value is -3.32. The quantitative estimate of drug-likeness (QED) is 0.361. The van der Waals surface area contributed by atoms with Crippen molar-refractivity contribution in [2.75, 3.05) is 7.05 Å². The number of hydrogen-bond acceptors (Lipinski definition) is 3. The third kappa shape index (κ3) is 6.21. The lowest BCUT2D eigenvalue weighted by atomic mass is 9.84. The van der Waals surface area contributed by atoms with Gasteiger partial charge in [0, 0.05) is 30.4 Å². The number of carbonyl (C=O) groups excluding carboxylic acids is 1. The fraction of sp³-hybridized carbons (Fsp3) is 0.419. The van der Waals surface area contributed by atoms with Gasteiger partial charge in [0.15, 0.2) is 0 Å². The van der Waals surface area contributed by atoms with Crippen LogP contribution in [0.4, 0.5) is 8.78 Å². The number of nitrogens with two attached hydrogens (primary N) is 1. The number of hydrogen-bond donors (Lipinski definition) is 1. The maximum atomic E-state index is 14.7. The minimum atomic E-state index is -0.726. The van der Waals surface area contributed by atoms with Crippen LogP contribution < -0.4 is 5.73 Å². The van der Waals surface area contributed by atoms with Crippen molar-refractivity contribution in [2.24, 2.45) is 16.6 Å². The van der Waals surface area contributed by atoms with Crippen LogP contribution in [0.3, 0.4) is 0 Å². The fourth-order valence-electron chi connectivity index (χ4n) is 5.41. The van der Waals surface area contributed by atoms with E-state index in [0.29, 0.717) is 22.7 Å². The van der Waals surface area contributed by atoms with Crippen molar-refractivity contribution in [3.8, 4) is 0 Å². The van der Waals surface area contributed by atoms with Crippen LogP contribution in [0, 0.1) is 17.6 Å². The topological polar surface area (TPSA) is 69.6 Å². The fourth-order valence-corrected chi connectivity index (χ4v) is 5.41.